The van der Waals surface area contributed by atoms with Crippen LogP contribution >= 0.6 is 11.3 Å². The first-order valence-corrected chi connectivity index (χ1v) is 9.77. The van der Waals surface area contributed by atoms with Crippen molar-refractivity contribution in [1.29, 1.82) is 0 Å². The Hall–Kier alpha value is -3.93. The highest BCUT2D eigenvalue weighted by Crippen LogP contribution is 2.31. The van der Waals surface area contributed by atoms with Gasteiger partial charge in [0.05, 0.1) is 10.6 Å². The van der Waals surface area contributed by atoms with Crippen molar-refractivity contribution in [3.63, 3.8) is 0 Å². The SMILES string of the molecule is C[C@]1(c2cccc(-n3cnnn3)c2)NC(=O)N(Cc2nc(-c3cccs3)no2)C1=O. The summed E-state index contributed by atoms with van der Waals surface area (Å²) in [6.45, 7) is 1.53. The summed E-state index contributed by atoms with van der Waals surface area (Å²) in [6.07, 6.45) is 1.45. The van der Waals surface area contributed by atoms with Gasteiger partial charge in [0.2, 0.25) is 11.7 Å². The fourth-order valence-corrected chi connectivity index (χ4v) is 3.88. The van der Waals surface area contributed by atoms with Gasteiger partial charge in [-0.1, -0.05) is 23.4 Å². The van der Waals surface area contributed by atoms with Crippen LogP contribution in [0.4, 0.5) is 4.79 Å². The number of carbonyl (C=O) groups excluding carboxylic acids is 2. The molecule has 3 amide bonds. The van der Waals surface area contributed by atoms with Crippen molar-refractivity contribution >= 4 is 23.3 Å². The van der Waals surface area contributed by atoms with Crippen LogP contribution in [0.1, 0.15) is 18.4 Å². The maximum Gasteiger partial charge on any atom is 0.325 e. The Morgan fingerprint density at radius 3 is 2.90 bits per heavy atom. The number of thiophene rings is 1. The summed E-state index contributed by atoms with van der Waals surface area (Å²) < 4.78 is 6.70. The van der Waals surface area contributed by atoms with Crippen molar-refractivity contribution in [2.75, 3.05) is 0 Å². The van der Waals surface area contributed by atoms with Gasteiger partial charge < -0.3 is 9.84 Å². The van der Waals surface area contributed by atoms with E-state index in [9.17, 15) is 9.59 Å². The van der Waals surface area contributed by atoms with Crippen LogP contribution in [0.5, 0.6) is 0 Å². The first kappa shape index (κ1) is 18.1. The molecule has 1 saturated heterocycles. The van der Waals surface area contributed by atoms with E-state index >= 15 is 0 Å². The first-order valence-electron chi connectivity index (χ1n) is 8.89. The summed E-state index contributed by atoms with van der Waals surface area (Å²) in [5, 5.41) is 19.7. The number of rotatable bonds is 5. The monoisotopic (exact) mass is 422 g/mol. The van der Waals surface area contributed by atoms with Gasteiger partial charge in [0, 0.05) is 0 Å². The van der Waals surface area contributed by atoms with Crippen LogP contribution in [0, 0.1) is 0 Å². The van der Waals surface area contributed by atoms with Crippen molar-refractivity contribution in [2.45, 2.75) is 19.0 Å². The van der Waals surface area contributed by atoms with Crippen molar-refractivity contribution in [3.8, 4) is 16.4 Å². The van der Waals surface area contributed by atoms with Crippen LogP contribution < -0.4 is 5.32 Å². The number of aromatic nitrogens is 6. The Kier molecular flexibility index (Phi) is 4.13. The third-order valence-corrected chi connectivity index (χ3v) is 5.68. The molecule has 1 fully saturated rings. The second-order valence-corrected chi connectivity index (χ2v) is 7.69. The van der Waals surface area contributed by atoms with Gasteiger partial charge in [-0.2, -0.15) is 4.98 Å². The third-order valence-electron chi connectivity index (χ3n) is 4.82. The van der Waals surface area contributed by atoms with Crippen LogP contribution in [0.2, 0.25) is 0 Å². The van der Waals surface area contributed by atoms with Crippen molar-refractivity contribution in [1.82, 2.24) is 40.6 Å². The normalized spacial score (nSPS) is 18.8. The summed E-state index contributed by atoms with van der Waals surface area (Å²) in [5.74, 6) is 0.176. The number of benzene rings is 1. The Balaban J connectivity index is 1.41. The van der Waals surface area contributed by atoms with Gasteiger partial charge in [0.25, 0.3) is 5.91 Å². The predicted octanol–water partition coefficient (Wildman–Crippen LogP) is 1.74. The molecule has 0 saturated carbocycles. The first-order chi connectivity index (χ1) is 14.5. The van der Waals surface area contributed by atoms with Crippen LogP contribution in [-0.4, -0.2) is 47.2 Å². The zero-order chi connectivity index (χ0) is 20.7. The van der Waals surface area contributed by atoms with Crippen LogP contribution in [0.3, 0.4) is 0 Å². The van der Waals surface area contributed by atoms with E-state index in [0.29, 0.717) is 17.1 Å². The van der Waals surface area contributed by atoms with Gasteiger partial charge in [-0.05, 0) is 46.5 Å². The Bertz CT molecular complexity index is 1220. The average Bonchev–Trinajstić information content (AvgIpc) is 3.54. The molecule has 1 atom stereocenters. The van der Waals surface area contributed by atoms with Crippen LogP contribution in [0.15, 0.2) is 52.6 Å². The van der Waals surface area contributed by atoms with Crippen molar-refractivity contribution < 1.29 is 14.1 Å². The summed E-state index contributed by atoms with van der Waals surface area (Å²) in [4.78, 5) is 32.0. The highest BCUT2D eigenvalue weighted by Gasteiger charge is 2.49. The molecule has 150 valence electrons. The Morgan fingerprint density at radius 2 is 2.13 bits per heavy atom. The number of amides is 3. The van der Waals surface area contributed by atoms with Gasteiger partial charge in [0.15, 0.2) is 0 Å². The van der Waals surface area contributed by atoms with Crippen molar-refractivity contribution in [3.05, 3.63) is 59.6 Å². The molecule has 11 nitrogen and oxygen atoms in total. The molecule has 1 aliphatic heterocycles. The van der Waals surface area contributed by atoms with Gasteiger partial charge in [-0.25, -0.2) is 9.48 Å². The number of tetrazole rings is 1. The quantitative estimate of drug-likeness (QED) is 0.481. The van der Waals surface area contributed by atoms with E-state index in [1.54, 1.807) is 31.2 Å². The molecule has 3 aromatic heterocycles. The fraction of sp³-hybridized carbons (Fsp3) is 0.167. The van der Waals surface area contributed by atoms with Gasteiger partial charge >= 0.3 is 6.03 Å². The van der Waals surface area contributed by atoms with E-state index in [1.807, 2.05) is 17.5 Å². The number of nitrogens with zero attached hydrogens (tertiary/aromatic N) is 7. The maximum absolute atomic E-state index is 13.2. The minimum Gasteiger partial charge on any atom is -0.337 e. The fourth-order valence-electron chi connectivity index (χ4n) is 3.24. The third kappa shape index (κ3) is 2.93. The molecule has 5 rings (SSSR count). The summed E-state index contributed by atoms with van der Waals surface area (Å²) in [5.41, 5.74) is 0.00964. The number of carbonyl (C=O) groups is 2. The number of hydrogen-bond donors (Lipinski definition) is 1. The second kappa shape index (κ2) is 6.84. The number of imide groups is 1. The molecular formula is C18H14N8O3S. The minimum atomic E-state index is -1.25. The molecule has 0 radical (unpaired) electrons. The molecule has 1 N–H and O–H groups in total. The summed E-state index contributed by atoms with van der Waals surface area (Å²) in [7, 11) is 0. The maximum atomic E-state index is 13.2. The van der Waals surface area contributed by atoms with E-state index in [2.05, 4.69) is 31.0 Å². The Morgan fingerprint density at radius 1 is 1.23 bits per heavy atom. The standard InChI is InChI=1S/C18H14N8O3S/c1-18(11-4-2-5-12(8-11)26-10-19-23-24-26)16(27)25(17(28)21-18)9-14-20-15(22-29-14)13-6-3-7-30-13/h2-8,10H,9H2,1H3,(H,21,28)/t18-/m1/s1. The summed E-state index contributed by atoms with van der Waals surface area (Å²) >= 11 is 1.47. The smallest absolute Gasteiger partial charge is 0.325 e. The Labute approximate surface area is 173 Å². The zero-order valence-electron chi connectivity index (χ0n) is 15.6. The molecule has 0 bridgehead atoms. The molecule has 30 heavy (non-hydrogen) atoms. The molecule has 1 aliphatic rings. The second-order valence-electron chi connectivity index (χ2n) is 6.74. The lowest BCUT2D eigenvalue weighted by Gasteiger charge is -2.22. The molecule has 4 aromatic rings. The molecule has 12 heteroatoms. The van der Waals surface area contributed by atoms with Gasteiger partial charge in [0.1, 0.15) is 18.4 Å². The van der Waals surface area contributed by atoms with E-state index in [0.717, 1.165) is 9.78 Å². The molecule has 1 aromatic carbocycles. The van der Waals surface area contributed by atoms with E-state index in [-0.39, 0.29) is 12.4 Å². The van der Waals surface area contributed by atoms with E-state index in [4.69, 9.17) is 4.52 Å². The topological polar surface area (TPSA) is 132 Å². The number of urea groups is 1. The predicted molar refractivity (Wildman–Crippen MR) is 103 cm³/mol. The zero-order valence-corrected chi connectivity index (χ0v) is 16.4. The molecule has 0 unspecified atom stereocenters. The molecule has 4 heterocycles. The van der Waals surface area contributed by atoms with Crippen LogP contribution in [0.25, 0.3) is 16.4 Å². The van der Waals surface area contributed by atoms with E-state index in [1.165, 1.54) is 22.3 Å². The lowest BCUT2D eigenvalue weighted by Crippen LogP contribution is -2.40. The summed E-state index contributed by atoms with van der Waals surface area (Å²) in [6, 6.07) is 10.3. The molecular weight excluding hydrogens is 408 g/mol. The molecule has 0 aliphatic carbocycles. The minimum absolute atomic E-state index is 0.120. The average molecular weight is 422 g/mol. The van der Waals surface area contributed by atoms with E-state index < -0.39 is 17.5 Å². The highest BCUT2D eigenvalue weighted by atomic mass is 32.1. The lowest BCUT2D eigenvalue weighted by molar-refractivity contribution is -0.131. The highest BCUT2D eigenvalue weighted by molar-refractivity contribution is 7.13. The largest absolute Gasteiger partial charge is 0.337 e. The van der Waals surface area contributed by atoms with Crippen LogP contribution in [-0.2, 0) is 16.9 Å². The van der Waals surface area contributed by atoms with Gasteiger partial charge in [-0.3, -0.25) is 9.69 Å². The molecule has 0 spiro atoms. The number of nitrogens with one attached hydrogen (secondary N) is 1. The van der Waals surface area contributed by atoms with Crippen molar-refractivity contribution in [2.24, 2.45) is 0 Å². The lowest BCUT2D eigenvalue weighted by atomic mass is 9.91. The van der Waals surface area contributed by atoms with Gasteiger partial charge in [-0.15, -0.1) is 16.4 Å². The number of hydrogen-bond acceptors (Lipinski definition) is 9.